The van der Waals surface area contributed by atoms with Gasteiger partial charge in [-0.25, -0.2) is 4.98 Å². The molecule has 6 nitrogen and oxygen atoms in total. The van der Waals surface area contributed by atoms with Crippen molar-refractivity contribution in [3.63, 3.8) is 0 Å². The van der Waals surface area contributed by atoms with Crippen LogP contribution < -0.4 is 10.6 Å². The molecule has 1 fully saturated rings. The van der Waals surface area contributed by atoms with Gasteiger partial charge < -0.3 is 15.2 Å². The smallest absolute Gasteiger partial charge is 0.231 e. The van der Waals surface area contributed by atoms with Crippen molar-refractivity contribution in [1.29, 1.82) is 0 Å². The van der Waals surface area contributed by atoms with Crippen LogP contribution in [-0.4, -0.2) is 28.2 Å². The highest BCUT2D eigenvalue weighted by molar-refractivity contribution is 9.11. The van der Waals surface area contributed by atoms with Crippen LogP contribution in [0.15, 0.2) is 50.0 Å². The lowest BCUT2D eigenvalue weighted by Gasteiger charge is -2.08. The van der Waals surface area contributed by atoms with E-state index in [0.717, 1.165) is 45.5 Å². The molecule has 0 unspecified atom stereocenters. The fourth-order valence-electron chi connectivity index (χ4n) is 2.72. The summed E-state index contributed by atoms with van der Waals surface area (Å²) in [5, 5.41) is 10.7. The number of nitrogens with zero attached hydrogens (tertiary/aromatic N) is 3. The van der Waals surface area contributed by atoms with E-state index in [1.807, 2.05) is 30.3 Å². The van der Waals surface area contributed by atoms with Crippen LogP contribution in [0.4, 0.5) is 11.5 Å². The maximum absolute atomic E-state index is 5.40. The molecule has 4 rings (SSSR count). The molecule has 2 aromatic heterocycles. The Balaban J connectivity index is 0.00000196. The molecule has 0 bridgehead atoms. The minimum Gasteiger partial charge on any atom is -0.339 e. The van der Waals surface area contributed by atoms with E-state index in [4.69, 9.17) is 4.52 Å². The SMILES string of the molecule is Brc1ccc(Br)c(Nc2ccc(-c3noc([C@@H]4CCNC4)n3)cn2)c1.Cl. The summed E-state index contributed by atoms with van der Waals surface area (Å²) in [6.07, 6.45) is 2.78. The maximum atomic E-state index is 5.40. The van der Waals surface area contributed by atoms with Gasteiger partial charge in [0.25, 0.3) is 0 Å². The maximum Gasteiger partial charge on any atom is 0.231 e. The van der Waals surface area contributed by atoms with E-state index in [9.17, 15) is 0 Å². The Morgan fingerprint density at radius 3 is 2.81 bits per heavy atom. The fourth-order valence-corrected chi connectivity index (χ4v) is 3.42. The topological polar surface area (TPSA) is 75.9 Å². The van der Waals surface area contributed by atoms with Crippen molar-refractivity contribution in [2.45, 2.75) is 12.3 Å². The fraction of sp³-hybridized carbons (Fsp3) is 0.235. The van der Waals surface area contributed by atoms with Crippen molar-refractivity contribution in [1.82, 2.24) is 20.4 Å². The van der Waals surface area contributed by atoms with Crippen LogP contribution in [0.25, 0.3) is 11.4 Å². The van der Waals surface area contributed by atoms with Gasteiger partial charge in [-0.15, -0.1) is 12.4 Å². The van der Waals surface area contributed by atoms with Crippen LogP contribution in [0.3, 0.4) is 0 Å². The standard InChI is InChI=1S/C17H15Br2N5O.ClH/c18-12-2-3-13(19)14(7-12)22-15-4-1-10(9-21-15)16-23-17(25-24-16)11-5-6-20-8-11;/h1-4,7,9,11,20H,5-6,8H2,(H,21,22);1H/t11-;/m1./s1. The second kappa shape index (κ2) is 8.47. The molecule has 9 heteroatoms. The molecule has 0 saturated carbocycles. The van der Waals surface area contributed by atoms with Crippen LogP contribution >= 0.6 is 44.3 Å². The van der Waals surface area contributed by atoms with Crippen molar-refractivity contribution < 1.29 is 4.52 Å². The van der Waals surface area contributed by atoms with Crippen molar-refractivity contribution in [2.24, 2.45) is 0 Å². The van der Waals surface area contributed by atoms with Gasteiger partial charge in [-0.05, 0) is 59.2 Å². The lowest BCUT2D eigenvalue weighted by molar-refractivity contribution is 0.359. The normalized spacial score (nSPS) is 16.3. The van der Waals surface area contributed by atoms with Gasteiger partial charge in [0.2, 0.25) is 11.7 Å². The zero-order valence-electron chi connectivity index (χ0n) is 13.6. The van der Waals surface area contributed by atoms with Crippen LogP contribution in [-0.2, 0) is 0 Å². The second-order valence-corrected chi connectivity index (χ2v) is 7.60. The highest BCUT2D eigenvalue weighted by Gasteiger charge is 2.23. The van der Waals surface area contributed by atoms with Crippen molar-refractivity contribution in [3.8, 4) is 11.4 Å². The van der Waals surface area contributed by atoms with Crippen LogP contribution in [0, 0.1) is 0 Å². The predicted octanol–water partition coefficient (Wildman–Crippen LogP) is 4.90. The zero-order valence-corrected chi connectivity index (χ0v) is 17.6. The van der Waals surface area contributed by atoms with E-state index in [1.165, 1.54) is 0 Å². The van der Waals surface area contributed by atoms with E-state index >= 15 is 0 Å². The van der Waals surface area contributed by atoms with Gasteiger partial charge in [-0.2, -0.15) is 4.98 Å². The van der Waals surface area contributed by atoms with Gasteiger partial charge in [0.1, 0.15) is 5.82 Å². The Bertz CT molecular complexity index is 881. The van der Waals surface area contributed by atoms with Crippen LogP contribution in [0.5, 0.6) is 0 Å². The van der Waals surface area contributed by atoms with Gasteiger partial charge in [-0.3, -0.25) is 0 Å². The van der Waals surface area contributed by atoms with Gasteiger partial charge in [0, 0.05) is 27.3 Å². The Hall–Kier alpha value is -1.48. The summed E-state index contributed by atoms with van der Waals surface area (Å²) < 4.78 is 7.36. The van der Waals surface area contributed by atoms with Crippen LogP contribution in [0.1, 0.15) is 18.2 Å². The Morgan fingerprint density at radius 1 is 1.19 bits per heavy atom. The van der Waals surface area contributed by atoms with Crippen molar-refractivity contribution in [3.05, 3.63) is 51.4 Å². The second-order valence-electron chi connectivity index (χ2n) is 5.83. The number of rotatable bonds is 4. The van der Waals surface area contributed by atoms with Gasteiger partial charge in [-0.1, -0.05) is 21.1 Å². The van der Waals surface area contributed by atoms with E-state index in [1.54, 1.807) is 6.20 Å². The van der Waals surface area contributed by atoms with E-state index < -0.39 is 0 Å². The molecule has 1 aliphatic heterocycles. The average Bonchev–Trinajstić information content (AvgIpc) is 3.30. The summed E-state index contributed by atoms with van der Waals surface area (Å²) in [6.45, 7) is 1.89. The highest BCUT2D eigenvalue weighted by Crippen LogP contribution is 2.29. The zero-order chi connectivity index (χ0) is 17.2. The highest BCUT2D eigenvalue weighted by atomic mass is 79.9. The third-order valence-electron chi connectivity index (χ3n) is 4.06. The summed E-state index contributed by atoms with van der Waals surface area (Å²) in [7, 11) is 0. The Kier molecular flexibility index (Phi) is 6.29. The molecule has 0 amide bonds. The number of hydrogen-bond acceptors (Lipinski definition) is 6. The number of hydrogen-bond donors (Lipinski definition) is 2. The third-order valence-corrected chi connectivity index (χ3v) is 5.25. The summed E-state index contributed by atoms with van der Waals surface area (Å²) in [5.41, 5.74) is 1.77. The molecular formula is C17H16Br2ClN5O. The third kappa shape index (κ3) is 4.25. The number of aromatic nitrogens is 3. The molecular weight excluding hydrogens is 485 g/mol. The molecule has 1 aromatic carbocycles. The van der Waals surface area contributed by atoms with Gasteiger partial charge in [0.05, 0.1) is 11.6 Å². The predicted molar refractivity (Wildman–Crippen MR) is 110 cm³/mol. The average molecular weight is 502 g/mol. The van der Waals surface area contributed by atoms with E-state index in [0.29, 0.717) is 17.6 Å². The monoisotopic (exact) mass is 499 g/mol. The molecule has 1 aliphatic rings. The van der Waals surface area contributed by atoms with Gasteiger partial charge >= 0.3 is 0 Å². The number of halogens is 3. The first-order valence-electron chi connectivity index (χ1n) is 7.92. The summed E-state index contributed by atoms with van der Waals surface area (Å²) in [4.78, 5) is 8.96. The van der Waals surface area contributed by atoms with Gasteiger partial charge in [0.15, 0.2) is 0 Å². The number of anilines is 2. The lowest BCUT2D eigenvalue weighted by atomic mass is 10.1. The lowest BCUT2D eigenvalue weighted by Crippen LogP contribution is -2.08. The molecule has 0 radical (unpaired) electrons. The molecule has 3 heterocycles. The first-order chi connectivity index (χ1) is 12.2. The number of nitrogens with one attached hydrogen (secondary N) is 2. The van der Waals surface area contributed by atoms with Crippen molar-refractivity contribution in [2.75, 3.05) is 18.4 Å². The molecule has 0 spiro atoms. The molecule has 26 heavy (non-hydrogen) atoms. The summed E-state index contributed by atoms with van der Waals surface area (Å²) in [6, 6.07) is 9.76. The molecule has 1 atom stereocenters. The molecule has 1 saturated heterocycles. The Labute approximate surface area is 173 Å². The van der Waals surface area contributed by atoms with Crippen LogP contribution in [0.2, 0.25) is 0 Å². The van der Waals surface area contributed by atoms with E-state index in [2.05, 4.69) is 57.6 Å². The van der Waals surface area contributed by atoms with E-state index in [-0.39, 0.29) is 12.4 Å². The first kappa shape index (κ1) is 19.3. The number of pyridine rings is 1. The largest absolute Gasteiger partial charge is 0.339 e. The Morgan fingerprint density at radius 2 is 2.08 bits per heavy atom. The minimum absolute atomic E-state index is 0. The summed E-state index contributed by atoms with van der Waals surface area (Å²) >= 11 is 6.99. The molecule has 2 N–H and O–H groups in total. The quantitative estimate of drug-likeness (QED) is 0.530. The molecule has 136 valence electrons. The molecule has 3 aromatic rings. The number of benzene rings is 1. The molecule has 0 aliphatic carbocycles. The summed E-state index contributed by atoms with van der Waals surface area (Å²) in [5.74, 6) is 2.32. The first-order valence-corrected chi connectivity index (χ1v) is 9.50. The minimum atomic E-state index is 0. The van der Waals surface area contributed by atoms with Crippen molar-refractivity contribution >= 4 is 55.8 Å².